The van der Waals surface area contributed by atoms with E-state index in [-0.39, 0.29) is 11.9 Å². The minimum absolute atomic E-state index is 0.106. The summed E-state index contributed by atoms with van der Waals surface area (Å²) in [5, 5.41) is 7.92. The molecule has 6 rings (SSSR count). The van der Waals surface area contributed by atoms with Crippen LogP contribution in [0, 0.1) is 0 Å². The van der Waals surface area contributed by atoms with Gasteiger partial charge >= 0.3 is 0 Å². The van der Waals surface area contributed by atoms with E-state index in [4.69, 9.17) is 35.5 Å². The lowest BCUT2D eigenvalue weighted by atomic mass is 10.1. The van der Waals surface area contributed by atoms with E-state index in [0.717, 1.165) is 11.8 Å². The molecule has 35 heavy (non-hydrogen) atoms. The van der Waals surface area contributed by atoms with E-state index in [1.54, 1.807) is 23.2 Å². The van der Waals surface area contributed by atoms with Crippen molar-refractivity contribution < 1.29 is 23.7 Å². The van der Waals surface area contributed by atoms with Crippen molar-refractivity contribution in [2.75, 3.05) is 63.4 Å². The number of morpholine rings is 1. The number of carbonyl (C=O) groups excluding carboxylic acids is 1. The Morgan fingerprint density at radius 3 is 2.69 bits per heavy atom. The molecule has 3 aliphatic rings. The van der Waals surface area contributed by atoms with Gasteiger partial charge in [-0.15, -0.1) is 0 Å². The number of aromatic amines is 1. The third-order valence-corrected chi connectivity index (χ3v) is 6.52. The number of anilines is 3. The van der Waals surface area contributed by atoms with Gasteiger partial charge in [0.1, 0.15) is 24.7 Å². The van der Waals surface area contributed by atoms with Crippen molar-refractivity contribution in [2.24, 2.45) is 0 Å². The lowest BCUT2D eigenvalue weighted by Crippen LogP contribution is -2.41. The highest BCUT2D eigenvalue weighted by atomic mass is 35.5. The summed E-state index contributed by atoms with van der Waals surface area (Å²) in [6.45, 7) is 4.18. The van der Waals surface area contributed by atoms with Crippen LogP contribution in [-0.2, 0) is 9.47 Å². The number of H-pyrrole nitrogens is 1. The number of hydrogen-bond donors (Lipinski definition) is 3. The molecule has 184 valence electrons. The molecule has 2 saturated heterocycles. The van der Waals surface area contributed by atoms with Crippen LogP contribution in [0.15, 0.2) is 18.3 Å². The number of amides is 1. The Labute approximate surface area is 206 Å². The molecule has 12 heteroatoms. The first-order valence-electron chi connectivity index (χ1n) is 11.6. The molecule has 2 aromatic heterocycles. The van der Waals surface area contributed by atoms with E-state index >= 15 is 0 Å². The lowest BCUT2D eigenvalue weighted by Gasteiger charge is -2.29. The summed E-state index contributed by atoms with van der Waals surface area (Å²) in [5.74, 6) is 1.74. The summed E-state index contributed by atoms with van der Waals surface area (Å²) in [6.07, 6.45) is 2.57. The maximum Gasteiger partial charge on any atom is 0.257 e. The molecule has 0 bridgehead atoms. The zero-order valence-electron chi connectivity index (χ0n) is 18.9. The molecule has 5 heterocycles. The van der Waals surface area contributed by atoms with Gasteiger partial charge in [0.25, 0.3) is 5.91 Å². The molecule has 1 amide bonds. The standard InChI is InChI=1S/C23H25ClN6O5/c24-15-11-25-20-17(15)21(26-13-3-6-33-12-13)29-23(28-20)27-16-2-1-14(18-19(16)35-10-9-34-18)22(31)30-4-7-32-8-5-30/h1-2,11,13H,3-10,12H2,(H3,25,26,27,28,29)/t13-/m0/s1. The number of nitrogens with zero attached hydrogens (tertiary/aromatic N) is 3. The fraction of sp³-hybridized carbons (Fsp3) is 0.435. The summed E-state index contributed by atoms with van der Waals surface area (Å²) < 4.78 is 22.7. The summed E-state index contributed by atoms with van der Waals surface area (Å²) >= 11 is 6.40. The van der Waals surface area contributed by atoms with Gasteiger partial charge < -0.3 is 39.5 Å². The number of aromatic nitrogens is 3. The zero-order valence-corrected chi connectivity index (χ0v) is 19.7. The first-order valence-corrected chi connectivity index (χ1v) is 12.0. The predicted molar refractivity (Wildman–Crippen MR) is 129 cm³/mol. The van der Waals surface area contributed by atoms with Gasteiger partial charge in [0.2, 0.25) is 5.95 Å². The molecular formula is C23H25ClN6O5. The highest BCUT2D eigenvalue weighted by molar-refractivity contribution is 6.36. The van der Waals surface area contributed by atoms with Gasteiger partial charge in [-0.3, -0.25) is 4.79 Å². The van der Waals surface area contributed by atoms with E-state index in [0.29, 0.717) is 97.9 Å². The minimum atomic E-state index is -0.106. The maximum atomic E-state index is 13.2. The highest BCUT2D eigenvalue weighted by Crippen LogP contribution is 2.42. The van der Waals surface area contributed by atoms with Gasteiger partial charge in [-0.2, -0.15) is 9.97 Å². The van der Waals surface area contributed by atoms with Crippen LogP contribution in [0.4, 0.5) is 17.5 Å². The molecule has 0 spiro atoms. The smallest absolute Gasteiger partial charge is 0.257 e. The van der Waals surface area contributed by atoms with Gasteiger partial charge in [0.05, 0.1) is 47.5 Å². The maximum absolute atomic E-state index is 13.2. The lowest BCUT2D eigenvalue weighted by molar-refractivity contribution is 0.0298. The average Bonchev–Trinajstić information content (AvgIpc) is 3.54. The van der Waals surface area contributed by atoms with Gasteiger partial charge in [0, 0.05) is 25.9 Å². The van der Waals surface area contributed by atoms with Crippen LogP contribution >= 0.6 is 11.6 Å². The first kappa shape index (κ1) is 22.2. The molecule has 0 unspecified atom stereocenters. The number of nitrogens with one attached hydrogen (secondary N) is 3. The predicted octanol–water partition coefficient (Wildman–Crippen LogP) is 2.80. The normalized spacial score (nSPS) is 19.7. The fourth-order valence-electron chi connectivity index (χ4n) is 4.46. The largest absolute Gasteiger partial charge is 0.485 e. The Morgan fingerprint density at radius 1 is 1.06 bits per heavy atom. The van der Waals surface area contributed by atoms with Crippen LogP contribution in [-0.4, -0.2) is 84.5 Å². The molecular weight excluding hydrogens is 476 g/mol. The van der Waals surface area contributed by atoms with Crippen molar-refractivity contribution in [1.82, 2.24) is 19.9 Å². The number of rotatable bonds is 5. The quantitative estimate of drug-likeness (QED) is 0.485. The Kier molecular flexibility index (Phi) is 5.96. The second-order valence-electron chi connectivity index (χ2n) is 8.51. The number of hydrogen-bond acceptors (Lipinski definition) is 9. The first-order chi connectivity index (χ1) is 17.2. The molecule has 1 aromatic carbocycles. The Balaban J connectivity index is 1.33. The van der Waals surface area contributed by atoms with Crippen molar-refractivity contribution in [2.45, 2.75) is 12.5 Å². The van der Waals surface area contributed by atoms with Crippen LogP contribution < -0.4 is 20.1 Å². The van der Waals surface area contributed by atoms with Crippen molar-refractivity contribution in [1.29, 1.82) is 0 Å². The molecule has 2 fully saturated rings. The molecule has 3 N–H and O–H groups in total. The number of halogens is 1. The zero-order chi connectivity index (χ0) is 23.8. The SMILES string of the molecule is O=C(c1ccc(Nc2nc(N[C@H]3CCOC3)c3c(Cl)c[nH]c3n2)c2c1OCCO2)N1CCOCC1. The molecule has 0 radical (unpaired) electrons. The van der Waals surface area contributed by atoms with Gasteiger partial charge in [-0.05, 0) is 18.6 Å². The molecule has 3 aliphatic heterocycles. The monoisotopic (exact) mass is 500 g/mol. The number of carbonyl (C=O) groups is 1. The highest BCUT2D eigenvalue weighted by Gasteiger charge is 2.28. The molecule has 11 nitrogen and oxygen atoms in total. The van der Waals surface area contributed by atoms with E-state index in [2.05, 4.69) is 20.6 Å². The average molecular weight is 501 g/mol. The molecule has 3 aromatic rings. The summed E-state index contributed by atoms with van der Waals surface area (Å²) in [4.78, 5) is 27.3. The van der Waals surface area contributed by atoms with Crippen molar-refractivity contribution in [3.63, 3.8) is 0 Å². The van der Waals surface area contributed by atoms with Crippen LogP contribution in [0.2, 0.25) is 5.02 Å². The summed E-state index contributed by atoms with van der Waals surface area (Å²) in [5.41, 5.74) is 1.66. The second-order valence-corrected chi connectivity index (χ2v) is 8.91. The number of ether oxygens (including phenoxy) is 4. The van der Waals surface area contributed by atoms with Gasteiger partial charge in [-0.1, -0.05) is 11.6 Å². The van der Waals surface area contributed by atoms with Crippen molar-refractivity contribution in [3.05, 3.63) is 28.9 Å². The Morgan fingerprint density at radius 2 is 1.89 bits per heavy atom. The van der Waals surface area contributed by atoms with Crippen molar-refractivity contribution >= 4 is 46.0 Å². The van der Waals surface area contributed by atoms with E-state index in [1.807, 2.05) is 0 Å². The Hall–Kier alpha value is -3.28. The molecule has 0 saturated carbocycles. The van der Waals surface area contributed by atoms with Gasteiger partial charge in [0.15, 0.2) is 11.5 Å². The van der Waals surface area contributed by atoms with E-state index < -0.39 is 0 Å². The molecule has 0 aliphatic carbocycles. The topological polar surface area (TPSA) is 123 Å². The van der Waals surface area contributed by atoms with Crippen LogP contribution in [0.3, 0.4) is 0 Å². The minimum Gasteiger partial charge on any atom is -0.485 e. The number of benzene rings is 1. The second kappa shape index (κ2) is 9.40. The van der Waals surface area contributed by atoms with Crippen LogP contribution in [0.1, 0.15) is 16.8 Å². The van der Waals surface area contributed by atoms with Gasteiger partial charge in [-0.25, -0.2) is 0 Å². The Bertz CT molecular complexity index is 1250. The van der Waals surface area contributed by atoms with Crippen LogP contribution in [0.25, 0.3) is 11.0 Å². The van der Waals surface area contributed by atoms with E-state index in [9.17, 15) is 4.79 Å². The number of fused-ring (bicyclic) bond motifs is 2. The fourth-order valence-corrected chi connectivity index (χ4v) is 4.69. The summed E-state index contributed by atoms with van der Waals surface area (Å²) in [7, 11) is 0. The summed E-state index contributed by atoms with van der Waals surface area (Å²) in [6, 6.07) is 3.67. The van der Waals surface area contributed by atoms with Crippen LogP contribution in [0.5, 0.6) is 11.5 Å². The van der Waals surface area contributed by atoms with E-state index in [1.165, 1.54) is 0 Å². The third-order valence-electron chi connectivity index (χ3n) is 6.22. The molecule has 1 atom stereocenters. The van der Waals surface area contributed by atoms with Crippen molar-refractivity contribution in [3.8, 4) is 11.5 Å². The third kappa shape index (κ3) is 4.30.